The van der Waals surface area contributed by atoms with Gasteiger partial charge in [-0.3, -0.25) is 24.4 Å². The van der Waals surface area contributed by atoms with Crippen LogP contribution in [0.3, 0.4) is 0 Å². The quantitative estimate of drug-likeness (QED) is 0.418. The fraction of sp³-hybridized carbons (Fsp3) is 0.450. The molecule has 1 aromatic carbocycles. The Bertz CT molecular complexity index is 1020. The van der Waals surface area contributed by atoms with Gasteiger partial charge in [0.25, 0.3) is 5.91 Å². The van der Waals surface area contributed by atoms with Gasteiger partial charge in [0.15, 0.2) is 0 Å². The molecular weight excluding hydrogens is 468 g/mol. The molecule has 2 aliphatic heterocycles. The minimum absolute atomic E-state index is 0.201. The summed E-state index contributed by atoms with van der Waals surface area (Å²) < 4.78 is 8.44. The Kier molecular flexibility index (Phi) is 6.33. The fourth-order valence-corrected chi connectivity index (χ4v) is 4.24. The molecule has 0 saturated carbocycles. The zero-order valence-electron chi connectivity index (χ0n) is 16.8. The Balaban J connectivity index is 1.47. The summed E-state index contributed by atoms with van der Waals surface area (Å²) in [7, 11) is 0. The van der Waals surface area contributed by atoms with E-state index in [0.717, 1.165) is 19.4 Å². The Labute approximate surface area is 187 Å². The lowest BCUT2D eigenvalue weighted by Crippen LogP contribution is -2.52. The normalized spacial score (nSPS) is 18.3. The molecule has 1 atom stereocenters. The fourth-order valence-electron chi connectivity index (χ4n) is 3.81. The maximum absolute atomic E-state index is 13.0. The number of nitrogens with zero attached hydrogens (tertiary/aromatic N) is 4. The van der Waals surface area contributed by atoms with Gasteiger partial charge in [-0.15, -0.1) is 5.10 Å². The molecule has 1 unspecified atom stereocenters. The summed E-state index contributed by atoms with van der Waals surface area (Å²) in [4.78, 5) is 38.2. The molecule has 1 saturated heterocycles. The van der Waals surface area contributed by atoms with Crippen LogP contribution >= 0.6 is 15.9 Å². The molecule has 0 spiro atoms. The molecule has 0 aliphatic carbocycles. The summed E-state index contributed by atoms with van der Waals surface area (Å²) in [5, 5.41) is 10.5. The molecule has 3 heterocycles. The van der Waals surface area contributed by atoms with Gasteiger partial charge in [-0.1, -0.05) is 21.1 Å². The van der Waals surface area contributed by atoms with Crippen LogP contribution in [0.2, 0.25) is 0 Å². The SMILES string of the molecule is NCCCCn1cc(COc2cc(Br)cc3c2CN(C2CCC(=O)NC2=O)C3=O)nn1. The lowest BCUT2D eigenvalue weighted by Gasteiger charge is -2.29. The largest absolute Gasteiger partial charge is 0.487 e. The summed E-state index contributed by atoms with van der Waals surface area (Å²) in [5.74, 6) is -0.454. The summed E-state index contributed by atoms with van der Waals surface area (Å²) in [6.45, 7) is 1.83. The Morgan fingerprint density at radius 3 is 2.87 bits per heavy atom. The second kappa shape index (κ2) is 9.15. The summed E-state index contributed by atoms with van der Waals surface area (Å²) in [5.41, 5.74) is 7.39. The van der Waals surface area contributed by atoms with Crippen LogP contribution in [0.15, 0.2) is 22.8 Å². The first kappa shape index (κ1) is 21.4. The molecule has 2 aliphatic rings. The van der Waals surface area contributed by atoms with E-state index in [0.29, 0.717) is 40.0 Å². The number of nitrogens with two attached hydrogens (primary N) is 1. The molecule has 31 heavy (non-hydrogen) atoms. The third kappa shape index (κ3) is 4.62. The van der Waals surface area contributed by atoms with E-state index in [1.807, 2.05) is 6.20 Å². The minimum Gasteiger partial charge on any atom is -0.487 e. The molecule has 10 nitrogen and oxygen atoms in total. The van der Waals surface area contributed by atoms with Crippen molar-refractivity contribution in [1.82, 2.24) is 25.2 Å². The van der Waals surface area contributed by atoms with Crippen molar-refractivity contribution < 1.29 is 19.1 Å². The average Bonchev–Trinajstić information content (AvgIpc) is 3.31. The zero-order valence-corrected chi connectivity index (χ0v) is 18.4. The van der Waals surface area contributed by atoms with Gasteiger partial charge in [-0.05, 0) is 37.9 Å². The molecule has 1 fully saturated rings. The highest BCUT2D eigenvalue weighted by atomic mass is 79.9. The van der Waals surface area contributed by atoms with Crippen LogP contribution in [0.5, 0.6) is 5.75 Å². The van der Waals surface area contributed by atoms with Gasteiger partial charge in [0.1, 0.15) is 24.1 Å². The first-order valence-electron chi connectivity index (χ1n) is 10.1. The van der Waals surface area contributed by atoms with Crippen LogP contribution < -0.4 is 15.8 Å². The Hall–Kier alpha value is -2.79. The number of nitrogens with one attached hydrogen (secondary N) is 1. The van der Waals surface area contributed by atoms with Crippen LogP contribution in [0.1, 0.15) is 47.3 Å². The predicted molar refractivity (Wildman–Crippen MR) is 113 cm³/mol. The van der Waals surface area contributed by atoms with Crippen molar-refractivity contribution in [3.05, 3.63) is 39.6 Å². The van der Waals surface area contributed by atoms with E-state index in [1.165, 1.54) is 4.90 Å². The second-order valence-electron chi connectivity index (χ2n) is 7.59. The van der Waals surface area contributed by atoms with Gasteiger partial charge in [0.2, 0.25) is 11.8 Å². The van der Waals surface area contributed by atoms with Crippen LogP contribution in [-0.4, -0.2) is 50.2 Å². The van der Waals surface area contributed by atoms with Crippen molar-refractivity contribution in [3.63, 3.8) is 0 Å². The number of ether oxygens (including phenoxy) is 1. The van der Waals surface area contributed by atoms with E-state index >= 15 is 0 Å². The highest BCUT2D eigenvalue weighted by Crippen LogP contribution is 2.36. The van der Waals surface area contributed by atoms with E-state index < -0.39 is 11.9 Å². The Morgan fingerprint density at radius 2 is 2.10 bits per heavy atom. The van der Waals surface area contributed by atoms with Crippen LogP contribution in [0.25, 0.3) is 0 Å². The summed E-state index contributed by atoms with van der Waals surface area (Å²) in [6, 6.07) is 2.85. The third-order valence-corrected chi connectivity index (χ3v) is 5.84. The number of halogens is 1. The monoisotopic (exact) mass is 490 g/mol. The minimum atomic E-state index is -0.669. The average molecular weight is 491 g/mol. The smallest absolute Gasteiger partial charge is 0.255 e. The second-order valence-corrected chi connectivity index (χ2v) is 8.50. The van der Waals surface area contributed by atoms with E-state index in [2.05, 4.69) is 31.6 Å². The van der Waals surface area contributed by atoms with Crippen molar-refractivity contribution in [2.24, 2.45) is 5.73 Å². The number of amides is 3. The number of carbonyl (C=O) groups excluding carboxylic acids is 3. The number of carbonyl (C=O) groups is 3. The van der Waals surface area contributed by atoms with Crippen molar-refractivity contribution in [1.29, 1.82) is 0 Å². The lowest BCUT2D eigenvalue weighted by atomic mass is 10.0. The lowest BCUT2D eigenvalue weighted by molar-refractivity contribution is -0.136. The number of hydrogen-bond acceptors (Lipinski definition) is 7. The zero-order chi connectivity index (χ0) is 22.0. The predicted octanol–water partition coefficient (Wildman–Crippen LogP) is 1.12. The standard InChI is InChI=1S/C20H23BrN6O4/c21-12-7-14-15(10-27(20(14)30)16-3-4-18(28)23-19(16)29)17(8-12)31-11-13-9-26(25-24-13)6-2-1-5-22/h7-9,16H,1-6,10-11,22H2,(H,23,28,29). The number of benzene rings is 1. The van der Waals surface area contributed by atoms with Gasteiger partial charge in [-0.25, -0.2) is 0 Å². The number of fused-ring (bicyclic) bond motifs is 1. The summed E-state index contributed by atoms with van der Waals surface area (Å²) in [6.07, 6.45) is 4.21. The number of aromatic nitrogens is 3. The molecule has 3 N–H and O–H groups in total. The molecule has 4 rings (SSSR count). The van der Waals surface area contributed by atoms with Crippen LogP contribution in [0.4, 0.5) is 0 Å². The number of hydrogen-bond donors (Lipinski definition) is 2. The van der Waals surface area contributed by atoms with Gasteiger partial charge >= 0.3 is 0 Å². The molecule has 11 heteroatoms. The van der Waals surface area contributed by atoms with Crippen molar-refractivity contribution in [2.75, 3.05) is 6.54 Å². The number of rotatable bonds is 8. The number of aryl methyl sites for hydroxylation is 1. The topological polar surface area (TPSA) is 132 Å². The first-order valence-corrected chi connectivity index (χ1v) is 10.9. The van der Waals surface area contributed by atoms with Gasteiger partial charge in [0.05, 0.1) is 12.7 Å². The molecule has 3 amide bonds. The first-order chi connectivity index (χ1) is 15.0. The van der Waals surface area contributed by atoms with Crippen molar-refractivity contribution in [3.8, 4) is 5.75 Å². The Morgan fingerprint density at radius 1 is 1.26 bits per heavy atom. The maximum atomic E-state index is 13.0. The highest BCUT2D eigenvalue weighted by molar-refractivity contribution is 9.10. The molecule has 0 radical (unpaired) electrons. The molecule has 2 aromatic rings. The molecular formula is C20H23BrN6O4. The van der Waals surface area contributed by atoms with E-state index in [4.69, 9.17) is 10.5 Å². The summed E-state index contributed by atoms with van der Waals surface area (Å²) >= 11 is 3.43. The number of piperidine rings is 1. The van der Waals surface area contributed by atoms with E-state index in [1.54, 1.807) is 16.8 Å². The van der Waals surface area contributed by atoms with Gasteiger partial charge in [-0.2, -0.15) is 0 Å². The van der Waals surface area contributed by atoms with E-state index in [9.17, 15) is 14.4 Å². The third-order valence-electron chi connectivity index (χ3n) is 5.38. The maximum Gasteiger partial charge on any atom is 0.255 e. The number of imide groups is 1. The van der Waals surface area contributed by atoms with Crippen molar-refractivity contribution >= 4 is 33.7 Å². The van der Waals surface area contributed by atoms with E-state index in [-0.39, 0.29) is 31.4 Å². The van der Waals surface area contributed by atoms with Crippen LogP contribution in [-0.2, 0) is 29.3 Å². The molecule has 164 valence electrons. The molecule has 0 bridgehead atoms. The van der Waals surface area contributed by atoms with Crippen LogP contribution in [0, 0.1) is 0 Å². The number of unbranched alkanes of at least 4 members (excludes halogenated alkanes) is 1. The molecule has 1 aromatic heterocycles. The van der Waals surface area contributed by atoms with Gasteiger partial charge < -0.3 is 15.4 Å². The highest BCUT2D eigenvalue weighted by Gasteiger charge is 2.40. The van der Waals surface area contributed by atoms with Crippen molar-refractivity contribution in [2.45, 2.75) is 51.4 Å². The van der Waals surface area contributed by atoms with Gasteiger partial charge in [0, 0.05) is 28.6 Å².